The molecule has 1 aromatic heterocycles. The Bertz CT molecular complexity index is 364. The van der Waals surface area contributed by atoms with Crippen LogP contribution in [0.25, 0.3) is 0 Å². The van der Waals surface area contributed by atoms with Crippen LogP contribution in [-0.2, 0) is 0 Å². The van der Waals surface area contributed by atoms with Crippen molar-refractivity contribution in [2.45, 2.75) is 25.7 Å². The molecule has 2 rings (SSSR count). The average molecular weight is 229 g/mol. The van der Waals surface area contributed by atoms with Crippen LogP contribution in [0, 0.1) is 0 Å². The first kappa shape index (κ1) is 9.94. The minimum Gasteiger partial charge on any atom is -0.137 e. The predicted octanol–water partition coefficient (Wildman–Crippen LogP) is 3.56. The zero-order chi connectivity index (χ0) is 10.3. The van der Waals surface area contributed by atoms with Gasteiger partial charge >= 0.3 is 0 Å². The van der Waals surface area contributed by atoms with E-state index in [9.17, 15) is 0 Å². The van der Waals surface area contributed by atoms with E-state index in [4.69, 9.17) is 23.2 Å². The van der Waals surface area contributed by atoms with Crippen molar-refractivity contribution in [2.75, 3.05) is 0 Å². The number of rotatable bonds is 0. The Hall–Kier alpha value is -0.600. The molecule has 0 radical (unpaired) electrons. The van der Waals surface area contributed by atoms with Crippen LogP contribution in [0.1, 0.15) is 36.8 Å². The Morgan fingerprint density at radius 3 is 1.64 bits per heavy atom. The molecule has 1 aliphatic rings. The lowest BCUT2D eigenvalue weighted by Crippen LogP contribution is -2.09. The molecule has 0 saturated carbocycles. The Labute approximate surface area is 92.9 Å². The van der Waals surface area contributed by atoms with Crippen molar-refractivity contribution >= 4 is 23.2 Å². The minimum absolute atomic E-state index is 0.265. The molecule has 1 aromatic rings. The maximum atomic E-state index is 6.01. The standard InChI is InChI=1S/C10H10Cl2N2/c1-5-3-4-6(2)8-7(5)9(11)13-14-10(8)12/h3-6H,1-2H3. The van der Waals surface area contributed by atoms with Gasteiger partial charge in [-0.2, -0.15) is 0 Å². The second-order valence-corrected chi connectivity index (χ2v) is 4.29. The van der Waals surface area contributed by atoms with Gasteiger partial charge in [0.15, 0.2) is 10.3 Å². The van der Waals surface area contributed by atoms with Crippen molar-refractivity contribution in [1.82, 2.24) is 10.2 Å². The first-order chi connectivity index (χ1) is 6.61. The van der Waals surface area contributed by atoms with Crippen molar-refractivity contribution in [3.05, 3.63) is 33.6 Å². The van der Waals surface area contributed by atoms with Gasteiger partial charge in [0.1, 0.15) is 0 Å². The fourth-order valence-electron chi connectivity index (χ4n) is 1.81. The SMILES string of the molecule is CC1C=CC(C)c2c(Cl)nnc(Cl)c21. The van der Waals surface area contributed by atoms with Gasteiger partial charge in [0.05, 0.1) is 0 Å². The van der Waals surface area contributed by atoms with Crippen LogP contribution < -0.4 is 0 Å². The molecule has 0 aromatic carbocycles. The van der Waals surface area contributed by atoms with Crippen molar-refractivity contribution in [1.29, 1.82) is 0 Å². The van der Waals surface area contributed by atoms with E-state index in [1.165, 1.54) is 0 Å². The summed E-state index contributed by atoms with van der Waals surface area (Å²) in [6.07, 6.45) is 4.24. The predicted molar refractivity (Wildman–Crippen MR) is 58.0 cm³/mol. The van der Waals surface area contributed by atoms with Gasteiger partial charge in [-0.3, -0.25) is 0 Å². The molecule has 4 heteroatoms. The lowest BCUT2D eigenvalue weighted by molar-refractivity contribution is 0.799. The molecule has 1 heterocycles. The van der Waals surface area contributed by atoms with E-state index >= 15 is 0 Å². The molecule has 14 heavy (non-hydrogen) atoms. The Morgan fingerprint density at radius 1 is 0.929 bits per heavy atom. The second kappa shape index (κ2) is 3.52. The van der Waals surface area contributed by atoms with E-state index < -0.39 is 0 Å². The van der Waals surface area contributed by atoms with E-state index in [1.54, 1.807) is 0 Å². The maximum Gasteiger partial charge on any atom is 0.155 e. The third kappa shape index (κ3) is 1.43. The molecule has 74 valence electrons. The summed E-state index contributed by atoms with van der Waals surface area (Å²) >= 11 is 12.0. The summed E-state index contributed by atoms with van der Waals surface area (Å²) in [6.45, 7) is 4.15. The van der Waals surface area contributed by atoms with Gasteiger partial charge in [-0.05, 0) is 0 Å². The number of hydrogen-bond donors (Lipinski definition) is 0. The first-order valence-corrected chi connectivity index (χ1v) is 5.26. The van der Waals surface area contributed by atoms with Crippen molar-refractivity contribution in [3.63, 3.8) is 0 Å². The van der Waals surface area contributed by atoms with Crippen LogP contribution >= 0.6 is 23.2 Å². The number of fused-ring (bicyclic) bond motifs is 1. The normalized spacial score (nSPS) is 24.9. The first-order valence-electron chi connectivity index (χ1n) is 4.51. The van der Waals surface area contributed by atoms with Crippen molar-refractivity contribution in [2.24, 2.45) is 0 Å². The summed E-state index contributed by atoms with van der Waals surface area (Å²) in [5.41, 5.74) is 2.03. The Balaban J connectivity index is 2.69. The highest BCUT2D eigenvalue weighted by molar-refractivity contribution is 6.32. The molecule has 0 N–H and O–H groups in total. The largest absolute Gasteiger partial charge is 0.155 e. The second-order valence-electron chi connectivity index (χ2n) is 3.57. The fourth-order valence-corrected chi connectivity index (χ4v) is 2.43. The molecule has 2 nitrogen and oxygen atoms in total. The third-order valence-corrected chi connectivity index (χ3v) is 3.12. The van der Waals surface area contributed by atoms with Crippen LogP contribution in [0.15, 0.2) is 12.2 Å². The summed E-state index contributed by atoms with van der Waals surface area (Å²) in [5, 5.41) is 8.58. The molecule has 0 fully saturated rings. The highest BCUT2D eigenvalue weighted by Gasteiger charge is 2.24. The molecular formula is C10H10Cl2N2. The molecule has 2 atom stereocenters. The third-order valence-electron chi connectivity index (χ3n) is 2.56. The van der Waals surface area contributed by atoms with Gasteiger partial charge in [-0.25, -0.2) is 0 Å². The van der Waals surface area contributed by atoms with Crippen LogP contribution in [0.4, 0.5) is 0 Å². The zero-order valence-electron chi connectivity index (χ0n) is 7.96. The summed E-state index contributed by atoms with van der Waals surface area (Å²) in [4.78, 5) is 0. The molecule has 0 bridgehead atoms. The molecule has 0 aliphatic heterocycles. The molecule has 0 amide bonds. The summed E-state index contributed by atoms with van der Waals surface area (Å²) in [7, 11) is 0. The van der Waals surface area contributed by atoms with Gasteiger partial charge in [-0.15, -0.1) is 10.2 Å². The van der Waals surface area contributed by atoms with E-state index in [0.717, 1.165) is 11.1 Å². The van der Waals surface area contributed by atoms with Gasteiger partial charge < -0.3 is 0 Å². The highest BCUT2D eigenvalue weighted by atomic mass is 35.5. The summed E-state index contributed by atoms with van der Waals surface area (Å²) in [6, 6.07) is 0. The minimum atomic E-state index is 0.265. The van der Waals surface area contributed by atoms with E-state index in [0.29, 0.717) is 10.3 Å². The summed E-state index contributed by atoms with van der Waals surface area (Å²) in [5.74, 6) is 0.531. The van der Waals surface area contributed by atoms with Gasteiger partial charge in [-0.1, -0.05) is 49.2 Å². The number of allylic oxidation sites excluding steroid dienone is 2. The van der Waals surface area contributed by atoms with E-state index in [-0.39, 0.29) is 11.8 Å². The lowest BCUT2D eigenvalue weighted by Gasteiger charge is -2.22. The van der Waals surface area contributed by atoms with Gasteiger partial charge in [0.25, 0.3) is 0 Å². The number of hydrogen-bond acceptors (Lipinski definition) is 2. The molecule has 0 spiro atoms. The van der Waals surface area contributed by atoms with Crippen molar-refractivity contribution < 1.29 is 0 Å². The van der Waals surface area contributed by atoms with E-state index in [1.807, 2.05) is 0 Å². The molecular weight excluding hydrogens is 219 g/mol. The zero-order valence-corrected chi connectivity index (χ0v) is 9.47. The van der Waals surface area contributed by atoms with Gasteiger partial charge in [0, 0.05) is 23.0 Å². The fraction of sp³-hybridized carbons (Fsp3) is 0.400. The highest BCUT2D eigenvalue weighted by Crippen LogP contribution is 2.39. The van der Waals surface area contributed by atoms with Crippen LogP contribution in [0.5, 0.6) is 0 Å². The van der Waals surface area contributed by atoms with Crippen LogP contribution in [-0.4, -0.2) is 10.2 Å². The molecule has 1 aliphatic carbocycles. The average Bonchev–Trinajstić information content (AvgIpc) is 2.16. The van der Waals surface area contributed by atoms with Gasteiger partial charge in [0.2, 0.25) is 0 Å². The van der Waals surface area contributed by atoms with Crippen LogP contribution in [0.2, 0.25) is 10.3 Å². The number of halogens is 2. The molecule has 2 unspecified atom stereocenters. The number of aromatic nitrogens is 2. The van der Waals surface area contributed by atoms with E-state index in [2.05, 4.69) is 36.2 Å². The number of nitrogens with zero attached hydrogens (tertiary/aromatic N) is 2. The monoisotopic (exact) mass is 228 g/mol. The van der Waals surface area contributed by atoms with Crippen molar-refractivity contribution in [3.8, 4) is 0 Å². The topological polar surface area (TPSA) is 25.8 Å². The quantitative estimate of drug-likeness (QED) is 0.635. The Morgan fingerprint density at radius 2 is 1.29 bits per heavy atom. The lowest BCUT2D eigenvalue weighted by atomic mass is 9.85. The maximum absolute atomic E-state index is 6.01. The van der Waals surface area contributed by atoms with Crippen LogP contribution in [0.3, 0.4) is 0 Å². The smallest absolute Gasteiger partial charge is 0.137 e. The Kier molecular flexibility index (Phi) is 2.50. The molecule has 0 saturated heterocycles. The summed E-state index contributed by atoms with van der Waals surface area (Å²) < 4.78 is 0.